The zero-order valence-electron chi connectivity index (χ0n) is 18.7. The molecule has 1 unspecified atom stereocenters. The second-order valence-electron chi connectivity index (χ2n) is 9.07. The summed E-state index contributed by atoms with van der Waals surface area (Å²) < 4.78 is 0. The SMILES string of the molecule is C1=C(c2ccccc2)P2C(c3ccc4ccccc4c3)=C[C@]1(c1ccccc1)c1ccccc12. The van der Waals surface area contributed by atoms with Crippen molar-refractivity contribution in [3.63, 3.8) is 0 Å². The third-order valence-electron chi connectivity index (χ3n) is 7.17. The molecule has 3 heterocycles. The van der Waals surface area contributed by atoms with Crippen molar-refractivity contribution in [2.75, 3.05) is 0 Å². The van der Waals surface area contributed by atoms with Crippen LogP contribution in [0.3, 0.4) is 0 Å². The van der Waals surface area contributed by atoms with Crippen LogP contribution in [0.2, 0.25) is 0 Å². The first-order chi connectivity index (χ1) is 16.8. The van der Waals surface area contributed by atoms with Gasteiger partial charge in [-0.3, -0.25) is 0 Å². The van der Waals surface area contributed by atoms with Gasteiger partial charge in [0.05, 0.1) is 5.41 Å². The van der Waals surface area contributed by atoms with Gasteiger partial charge in [-0.05, 0) is 62.9 Å². The normalized spacial score (nSPS) is 20.5. The number of benzene rings is 5. The third kappa shape index (κ3) is 2.89. The molecule has 3 aliphatic heterocycles. The van der Waals surface area contributed by atoms with E-state index in [2.05, 4.69) is 140 Å². The van der Waals surface area contributed by atoms with Crippen molar-refractivity contribution < 1.29 is 0 Å². The molecule has 0 saturated carbocycles. The van der Waals surface area contributed by atoms with Gasteiger partial charge in [0.2, 0.25) is 0 Å². The Kier molecular flexibility index (Phi) is 4.44. The fourth-order valence-corrected chi connectivity index (χ4v) is 8.57. The predicted octanol–water partition coefficient (Wildman–Crippen LogP) is 8.34. The smallest absolute Gasteiger partial charge is 0.0588 e. The van der Waals surface area contributed by atoms with Crippen molar-refractivity contribution in [2.45, 2.75) is 5.41 Å². The Balaban J connectivity index is 1.55. The molecule has 8 rings (SSSR count). The Morgan fingerprint density at radius 3 is 1.88 bits per heavy atom. The molecule has 0 aromatic heterocycles. The van der Waals surface area contributed by atoms with Gasteiger partial charge < -0.3 is 0 Å². The van der Waals surface area contributed by atoms with E-state index in [1.807, 2.05) is 0 Å². The summed E-state index contributed by atoms with van der Waals surface area (Å²) in [5.41, 5.74) is 5.14. The summed E-state index contributed by atoms with van der Waals surface area (Å²) in [5.74, 6) is 0. The van der Waals surface area contributed by atoms with E-state index in [1.165, 1.54) is 49.0 Å². The zero-order chi connectivity index (χ0) is 22.5. The van der Waals surface area contributed by atoms with E-state index >= 15 is 0 Å². The van der Waals surface area contributed by atoms with Crippen LogP contribution in [0, 0.1) is 0 Å². The predicted molar refractivity (Wildman–Crippen MR) is 147 cm³/mol. The average Bonchev–Trinajstić information content (AvgIpc) is 2.94. The lowest BCUT2D eigenvalue weighted by atomic mass is 9.72. The van der Waals surface area contributed by atoms with Crippen molar-refractivity contribution in [3.8, 4) is 0 Å². The van der Waals surface area contributed by atoms with Crippen molar-refractivity contribution in [1.29, 1.82) is 0 Å². The number of allylic oxidation sites excluding steroid dienone is 2. The van der Waals surface area contributed by atoms with Crippen LogP contribution >= 0.6 is 7.92 Å². The molecular formula is C33H23P. The van der Waals surface area contributed by atoms with E-state index in [0.717, 1.165) is 0 Å². The monoisotopic (exact) mass is 450 g/mol. The van der Waals surface area contributed by atoms with Gasteiger partial charge in [0, 0.05) is 0 Å². The number of hydrogen-bond donors (Lipinski definition) is 0. The van der Waals surface area contributed by atoms with E-state index in [9.17, 15) is 0 Å². The van der Waals surface area contributed by atoms with Crippen molar-refractivity contribution in [3.05, 3.63) is 162 Å². The molecule has 1 heteroatoms. The molecule has 0 radical (unpaired) electrons. The molecule has 160 valence electrons. The Morgan fingerprint density at radius 1 is 0.471 bits per heavy atom. The standard InChI is InChI=1S/C33H23P/c1-3-12-25(13-4-1)31-22-33(28-15-5-2-6-16-28)23-32(34(31)30-18-10-9-17-29(30)33)27-20-19-24-11-7-8-14-26(24)21-27/h1-23H/t33-,34?/m1/s1. The zero-order valence-corrected chi connectivity index (χ0v) is 19.6. The van der Waals surface area contributed by atoms with Gasteiger partial charge in [0.1, 0.15) is 0 Å². The van der Waals surface area contributed by atoms with Gasteiger partial charge in [0.15, 0.2) is 0 Å². The topological polar surface area (TPSA) is 0 Å². The molecule has 0 aliphatic carbocycles. The van der Waals surface area contributed by atoms with Crippen LogP contribution < -0.4 is 5.30 Å². The third-order valence-corrected chi connectivity index (χ3v) is 9.78. The van der Waals surface area contributed by atoms with Crippen molar-refractivity contribution >= 4 is 34.6 Å². The molecular weight excluding hydrogens is 427 g/mol. The summed E-state index contributed by atoms with van der Waals surface area (Å²) in [6.07, 6.45) is 5.11. The summed E-state index contributed by atoms with van der Waals surface area (Å²) in [4.78, 5) is 0. The van der Waals surface area contributed by atoms with Crippen LogP contribution in [0.25, 0.3) is 21.4 Å². The van der Waals surface area contributed by atoms with E-state index in [1.54, 1.807) is 0 Å². The Labute approximate surface area is 201 Å². The average molecular weight is 451 g/mol. The fraction of sp³-hybridized carbons (Fsp3) is 0.0303. The van der Waals surface area contributed by atoms with Gasteiger partial charge in [-0.15, -0.1) is 0 Å². The molecule has 2 bridgehead atoms. The Hall–Kier alpha value is -3.73. The van der Waals surface area contributed by atoms with Crippen LogP contribution in [0.1, 0.15) is 22.3 Å². The van der Waals surface area contributed by atoms with E-state index in [-0.39, 0.29) is 5.41 Å². The van der Waals surface area contributed by atoms with E-state index in [0.29, 0.717) is 0 Å². The molecule has 0 nitrogen and oxygen atoms in total. The lowest BCUT2D eigenvalue weighted by Crippen LogP contribution is -2.36. The maximum Gasteiger partial charge on any atom is 0.0588 e. The van der Waals surface area contributed by atoms with Crippen LogP contribution in [-0.2, 0) is 5.41 Å². The molecule has 3 aliphatic rings. The lowest BCUT2D eigenvalue weighted by Gasteiger charge is -2.46. The summed E-state index contributed by atoms with van der Waals surface area (Å²) in [5, 5.41) is 6.99. The number of fused-ring (bicyclic) bond motifs is 1. The van der Waals surface area contributed by atoms with E-state index in [4.69, 9.17) is 0 Å². The molecule has 2 atom stereocenters. The second-order valence-corrected chi connectivity index (χ2v) is 11.2. The second kappa shape index (κ2) is 7.66. The first-order valence-corrected chi connectivity index (χ1v) is 13.1. The first kappa shape index (κ1) is 19.7. The van der Waals surface area contributed by atoms with Crippen LogP contribution in [0.5, 0.6) is 0 Å². The van der Waals surface area contributed by atoms with Gasteiger partial charge in [0.25, 0.3) is 0 Å². The van der Waals surface area contributed by atoms with Crippen molar-refractivity contribution in [2.24, 2.45) is 0 Å². The van der Waals surface area contributed by atoms with Gasteiger partial charge in [-0.25, -0.2) is 0 Å². The molecule has 0 N–H and O–H groups in total. The number of hydrogen-bond acceptors (Lipinski definition) is 0. The summed E-state index contributed by atoms with van der Waals surface area (Å²) >= 11 is 0. The van der Waals surface area contributed by atoms with Gasteiger partial charge in [-0.2, -0.15) is 0 Å². The summed E-state index contributed by atoms with van der Waals surface area (Å²) in [6.45, 7) is 0. The fourth-order valence-electron chi connectivity index (χ4n) is 5.58. The molecule has 0 fully saturated rings. The lowest BCUT2D eigenvalue weighted by molar-refractivity contribution is 0.821. The maximum absolute atomic E-state index is 2.56. The number of rotatable bonds is 3. The van der Waals surface area contributed by atoms with Crippen LogP contribution in [-0.4, -0.2) is 0 Å². The minimum Gasteiger partial charge on any atom is -0.0622 e. The summed E-state index contributed by atoms with van der Waals surface area (Å²) in [7, 11) is -0.654. The molecule has 5 aromatic rings. The van der Waals surface area contributed by atoms with Gasteiger partial charge >= 0.3 is 0 Å². The Morgan fingerprint density at radius 2 is 1.09 bits per heavy atom. The molecule has 0 amide bonds. The summed E-state index contributed by atoms with van der Waals surface area (Å²) in [6, 6.07) is 46.7. The molecule has 0 spiro atoms. The molecule has 5 aromatic carbocycles. The minimum absolute atomic E-state index is 0.277. The highest BCUT2D eigenvalue weighted by Crippen LogP contribution is 2.69. The largest absolute Gasteiger partial charge is 0.0622 e. The van der Waals surface area contributed by atoms with Crippen LogP contribution in [0.15, 0.2) is 140 Å². The molecule has 34 heavy (non-hydrogen) atoms. The highest BCUT2D eigenvalue weighted by Gasteiger charge is 2.45. The highest BCUT2D eigenvalue weighted by atomic mass is 31.1. The van der Waals surface area contributed by atoms with Crippen molar-refractivity contribution in [1.82, 2.24) is 0 Å². The van der Waals surface area contributed by atoms with Crippen LogP contribution in [0.4, 0.5) is 0 Å². The van der Waals surface area contributed by atoms with Gasteiger partial charge in [-0.1, -0.05) is 133 Å². The first-order valence-electron chi connectivity index (χ1n) is 11.8. The minimum atomic E-state index is -0.654. The van der Waals surface area contributed by atoms with E-state index < -0.39 is 7.92 Å². The molecule has 0 saturated heterocycles. The highest BCUT2D eigenvalue weighted by molar-refractivity contribution is 7.84. The maximum atomic E-state index is 2.56. The quantitative estimate of drug-likeness (QED) is 0.242. The Bertz CT molecular complexity index is 1590.